The predicted molar refractivity (Wildman–Crippen MR) is 339 cm³/mol. The minimum absolute atomic E-state index is 0.427. The molecule has 6 nitrogen and oxygen atoms in total. The van der Waals surface area contributed by atoms with Crippen molar-refractivity contribution in [1.82, 2.24) is 19.1 Å². The topological polar surface area (TPSA) is 42.1 Å². The highest BCUT2D eigenvalue weighted by Crippen LogP contribution is 2.59. The fourth-order valence-electron chi connectivity index (χ4n) is 12.7. The van der Waals surface area contributed by atoms with Crippen LogP contribution >= 0.6 is 0 Å². The van der Waals surface area contributed by atoms with E-state index in [4.69, 9.17) is 9.97 Å². The number of imidazole rings is 2. The molecule has 82 heavy (non-hydrogen) atoms. The molecule has 13 aromatic rings. The summed E-state index contributed by atoms with van der Waals surface area (Å²) in [6, 6.07) is 103. The number of rotatable bonds is 12. The summed E-state index contributed by atoms with van der Waals surface area (Å²) >= 11 is 0. The highest BCUT2D eigenvalue weighted by Gasteiger charge is 2.48. The quantitative estimate of drug-likeness (QED) is 0.122. The molecule has 0 aliphatic heterocycles. The van der Waals surface area contributed by atoms with E-state index in [-0.39, 0.29) is 0 Å². The van der Waals surface area contributed by atoms with E-state index in [0.717, 1.165) is 96.8 Å². The minimum Gasteiger partial charge on any atom is -0.310 e. The molecule has 2 aliphatic carbocycles. The number of para-hydroxylation sites is 8. The van der Waals surface area contributed by atoms with Gasteiger partial charge in [0.2, 0.25) is 0 Å². The normalized spacial score (nSPS) is 14.1. The molecule has 0 radical (unpaired) electrons. The smallest absolute Gasteiger partial charge is 0.145 e. The molecule has 0 amide bonds. The Morgan fingerprint density at radius 3 is 1.20 bits per heavy atom. The van der Waals surface area contributed by atoms with Crippen LogP contribution in [0.3, 0.4) is 0 Å². The van der Waals surface area contributed by atoms with Gasteiger partial charge in [0.05, 0.1) is 27.5 Å². The van der Waals surface area contributed by atoms with Crippen molar-refractivity contribution in [1.29, 1.82) is 0 Å². The van der Waals surface area contributed by atoms with E-state index in [2.05, 4.69) is 329 Å². The van der Waals surface area contributed by atoms with Crippen molar-refractivity contribution >= 4 is 56.2 Å². The Labute approximate surface area is 478 Å². The molecular weight excluding hydrogens is 997 g/mol. The third kappa shape index (κ3) is 8.18. The molecule has 1 unspecified atom stereocenters. The molecule has 0 saturated heterocycles. The molecule has 0 spiro atoms. The number of anilines is 6. The maximum absolute atomic E-state index is 5.22. The fraction of sp³-hybridized carbons (Fsp3) is 0.0526. The fourth-order valence-corrected chi connectivity index (χ4v) is 12.7. The van der Waals surface area contributed by atoms with Crippen molar-refractivity contribution in [3.63, 3.8) is 0 Å². The third-order valence-corrected chi connectivity index (χ3v) is 16.5. The minimum atomic E-state index is -0.667. The number of benzene rings is 11. The molecule has 11 aromatic carbocycles. The van der Waals surface area contributed by atoms with E-state index in [0.29, 0.717) is 5.92 Å². The molecule has 15 rings (SSSR count). The van der Waals surface area contributed by atoms with Crippen LogP contribution in [-0.2, 0) is 5.41 Å². The number of hydrogen-bond donors (Lipinski definition) is 0. The van der Waals surface area contributed by atoms with E-state index in [1.807, 2.05) is 0 Å². The zero-order chi connectivity index (χ0) is 54.6. The van der Waals surface area contributed by atoms with Crippen LogP contribution in [0.2, 0.25) is 0 Å². The summed E-state index contributed by atoms with van der Waals surface area (Å²) in [4.78, 5) is 15.2. The Balaban J connectivity index is 0.882. The summed E-state index contributed by atoms with van der Waals surface area (Å²) in [5, 5.41) is 0. The van der Waals surface area contributed by atoms with Gasteiger partial charge >= 0.3 is 0 Å². The summed E-state index contributed by atoms with van der Waals surface area (Å²) in [5.74, 6) is 2.23. The molecule has 0 fully saturated rings. The summed E-state index contributed by atoms with van der Waals surface area (Å²) in [7, 11) is 0. The highest BCUT2D eigenvalue weighted by molar-refractivity contribution is 5.93. The van der Waals surface area contributed by atoms with Gasteiger partial charge < -0.3 is 9.80 Å². The van der Waals surface area contributed by atoms with E-state index in [1.165, 1.54) is 33.4 Å². The average molecular weight is 1050 g/mol. The third-order valence-electron chi connectivity index (χ3n) is 16.5. The molecule has 2 aliphatic rings. The van der Waals surface area contributed by atoms with Gasteiger partial charge in [0.1, 0.15) is 11.6 Å². The first-order valence-electron chi connectivity index (χ1n) is 28.3. The maximum atomic E-state index is 5.22. The highest BCUT2D eigenvalue weighted by atomic mass is 15.2. The number of nitrogens with zero attached hydrogens (tertiary/aromatic N) is 6. The lowest BCUT2D eigenvalue weighted by Gasteiger charge is -2.37. The number of allylic oxidation sites excluding steroid dienone is 4. The van der Waals surface area contributed by atoms with Crippen LogP contribution in [0.5, 0.6) is 0 Å². The molecule has 2 aromatic heterocycles. The van der Waals surface area contributed by atoms with Gasteiger partial charge in [-0.1, -0.05) is 165 Å². The van der Waals surface area contributed by atoms with Gasteiger partial charge in [-0.2, -0.15) is 0 Å². The standard InChI is InChI=1S/C76H56N6/c1-53-35-41-57(42-36-53)76(56-21-7-2-8-22-56)68-51-64(79(58-23-9-3-10-24-58)62-43-37-54(38-44-62)74-77-70-31-17-19-33-72(70)81(74)60-27-13-5-14-28-60)47-49-66(68)67-50-48-65(52-69(67)76)80(59-25-11-4-12-26-59)63-45-39-55(40-46-63)75-78-71-32-18-20-34-73(71)82(75)61-29-15-6-16-30-61/h2-35,37-53H,36H2,1H3. The molecule has 2 heterocycles. The van der Waals surface area contributed by atoms with Crippen molar-refractivity contribution in [2.24, 2.45) is 5.92 Å². The van der Waals surface area contributed by atoms with E-state index in [9.17, 15) is 0 Å². The first-order valence-corrected chi connectivity index (χ1v) is 28.3. The largest absolute Gasteiger partial charge is 0.310 e. The van der Waals surface area contributed by atoms with Crippen LogP contribution in [-0.4, -0.2) is 19.1 Å². The van der Waals surface area contributed by atoms with Crippen LogP contribution in [0.4, 0.5) is 34.1 Å². The van der Waals surface area contributed by atoms with Gasteiger partial charge in [0, 0.05) is 56.6 Å². The Kier molecular flexibility index (Phi) is 12.0. The summed E-state index contributed by atoms with van der Waals surface area (Å²) in [6.07, 6.45) is 8.26. The van der Waals surface area contributed by atoms with Crippen LogP contribution in [0.25, 0.3) is 67.3 Å². The van der Waals surface area contributed by atoms with Gasteiger partial charge in [0.25, 0.3) is 0 Å². The SMILES string of the molecule is CC1C=CC(C2(c3ccccc3)c3cc(N(c4ccccc4)c4ccc(-c5nc6ccccc6n5-c5ccccc5)cc4)ccc3-c3ccc(N(c4ccccc4)c4ccc(-c5nc6ccccc6n5-c5ccccc5)cc4)cc32)=CC1. The Morgan fingerprint density at radius 2 is 0.768 bits per heavy atom. The van der Waals surface area contributed by atoms with Crippen molar-refractivity contribution in [3.8, 4) is 45.3 Å². The van der Waals surface area contributed by atoms with E-state index < -0.39 is 5.41 Å². The Bertz CT molecular complexity index is 4270. The van der Waals surface area contributed by atoms with E-state index >= 15 is 0 Å². The predicted octanol–water partition coefficient (Wildman–Crippen LogP) is 19.5. The van der Waals surface area contributed by atoms with Crippen LogP contribution < -0.4 is 9.80 Å². The summed E-state index contributed by atoms with van der Waals surface area (Å²) < 4.78 is 4.53. The van der Waals surface area contributed by atoms with E-state index in [1.54, 1.807) is 0 Å². The second-order valence-corrected chi connectivity index (χ2v) is 21.4. The lowest BCUT2D eigenvalue weighted by Crippen LogP contribution is -2.30. The van der Waals surface area contributed by atoms with Crippen LogP contribution in [0.1, 0.15) is 30.0 Å². The van der Waals surface area contributed by atoms with Crippen LogP contribution in [0, 0.1) is 5.92 Å². The molecule has 390 valence electrons. The number of hydrogen-bond acceptors (Lipinski definition) is 4. The van der Waals surface area contributed by atoms with Gasteiger partial charge in [-0.15, -0.1) is 0 Å². The molecule has 1 atom stereocenters. The first kappa shape index (κ1) is 48.6. The van der Waals surface area contributed by atoms with Crippen molar-refractivity contribution in [2.75, 3.05) is 9.80 Å². The van der Waals surface area contributed by atoms with Crippen molar-refractivity contribution < 1.29 is 0 Å². The van der Waals surface area contributed by atoms with Crippen molar-refractivity contribution in [3.05, 3.63) is 326 Å². The molecule has 0 bridgehead atoms. The maximum Gasteiger partial charge on any atom is 0.145 e. The monoisotopic (exact) mass is 1050 g/mol. The van der Waals surface area contributed by atoms with Gasteiger partial charge in [-0.3, -0.25) is 9.13 Å². The zero-order valence-electron chi connectivity index (χ0n) is 45.3. The second kappa shape index (κ2) is 20.3. The molecule has 0 saturated carbocycles. The number of aromatic nitrogens is 4. The van der Waals surface area contributed by atoms with Crippen LogP contribution in [0.15, 0.2) is 309 Å². The molecule has 0 N–H and O–H groups in total. The lowest BCUT2D eigenvalue weighted by atomic mass is 9.65. The van der Waals surface area contributed by atoms with Gasteiger partial charge in [-0.05, 0) is 191 Å². The second-order valence-electron chi connectivity index (χ2n) is 21.4. The Hall–Kier alpha value is -10.6. The molecular formula is C76H56N6. The van der Waals surface area contributed by atoms with Crippen molar-refractivity contribution in [2.45, 2.75) is 18.8 Å². The average Bonchev–Trinajstić information content (AvgIpc) is 2.64. The summed E-state index contributed by atoms with van der Waals surface area (Å²) in [6.45, 7) is 2.31. The zero-order valence-corrected chi connectivity index (χ0v) is 45.3. The number of fused-ring (bicyclic) bond motifs is 5. The van der Waals surface area contributed by atoms with Gasteiger partial charge in [0.15, 0.2) is 0 Å². The Morgan fingerprint density at radius 1 is 0.390 bits per heavy atom. The lowest BCUT2D eigenvalue weighted by molar-refractivity contribution is 0.691. The van der Waals surface area contributed by atoms with Gasteiger partial charge in [-0.25, -0.2) is 9.97 Å². The first-order chi connectivity index (χ1) is 40.6. The summed E-state index contributed by atoms with van der Waals surface area (Å²) in [5.41, 5.74) is 21.5. The molecule has 6 heteroatoms.